The molecule has 0 unspecified atom stereocenters. The molecular weight excluding hydrogens is 262 g/mol. The Kier molecular flexibility index (Phi) is 3.33. The zero-order valence-corrected chi connectivity index (χ0v) is 9.54. The third-order valence-electron chi connectivity index (χ3n) is 2.36. The predicted octanol–water partition coefficient (Wildman–Crippen LogP) is 4.22. The number of alkyl halides is 3. The maximum absolute atomic E-state index is 12.9. The van der Waals surface area contributed by atoms with Crippen LogP contribution < -0.4 is 10.5 Å². The van der Waals surface area contributed by atoms with Crippen molar-refractivity contribution in [2.75, 3.05) is 5.73 Å². The molecule has 0 aliphatic heterocycles. The van der Waals surface area contributed by atoms with E-state index in [4.69, 9.17) is 10.5 Å². The summed E-state index contributed by atoms with van der Waals surface area (Å²) in [7, 11) is 0. The molecule has 19 heavy (non-hydrogen) atoms. The average molecular weight is 271 g/mol. The second kappa shape index (κ2) is 4.79. The molecule has 0 aromatic heterocycles. The van der Waals surface area contributed by atoms with Crippen molar-refractivity contribution in [1.82, 2.24) is 0 Å². The molecule has 2 aromatic carbocycles. The Hall–Kier alpha value is -2.24. The highest BCUT2D eigenvalue weighted by atomic mass is 19.4. The van der Waals surface area contributed by atoms with Gasteiger partial charge in [-0.15, -0.1) is 0 Å². The van der Waals surface area contributed by atoms with E-state index in [9.17, 15) is 17.6 Å². The minimum absolute atomic E-state index is 0.0628. The third-order valence-corrected chi connectivity index (χ3v) is 2.36. The topological polar surface area (TPSA) is 35.2 Å². The van der Waals surface area contributed by atoms with E-state index in [1.807, 2.05) is 0 Å². The molecule has 2 N–H and O–H groups in total. The minimum atomic E-state index is -4.56. The van der Waals surface area contributed by atoms with Crippen LogP contribution >= 0.6 is 0 Å². The van der Waals surface area contributed by atoms with Crippen LogP contribution in [0.2, 0.25) is 0 Å². The van der Waals surface area contributed by atoms with Crippen molar-refractivity contribution in [3.63, 3.8) is 0 Å². The molecule has 0 saturated carbocycles. The lowest BCUT2D eigenvalue weighted by molar-refractivity contribution is -0.137. The molecule has 0 bridgehead atoms. The van der Waals surface area contributed by atoms with E-state index in [2.05, 4.69) is 0 Å². The van der Waals surface area contributed by atoms with Crippen LogP contribution in [0.4, 0.5) is 23.2 Å². The van der Waals surface area contributed by atoms with Crippen LogP contribution in [-0.2, 0) is 6.18 Å². The van der Waals surface area contributed by atoms with Crippen LogP contribution in [0.1, 0.15) is 5.56 Å². The van der Waals surface area contributed by atoms with Crippen LogP contribution in [0, 0.1) is 5.82 Å². The summed E-state index contributed by atoms with van der Waals surface area (Å²) >= 11 is 0. The molecule has 0 heterocycles. The highest BCUT2D eigenvalue weighted by molar-refractivity contribution is 5.52. The number of hydrogen-bond acceptors (Lipinski definition) is 2. The first kappa shape index (κ1) is 13.2. The van der Waals surface area contributed by atoms with Crippen LogP contribution in [0.3, 0.4) is 0 Å². The number of rotatable bonds is 2. The molecule has 2 nitrogen and oxygen atoms in total. The first-order valence-corrected chi connectivity index (χ1v) is 5.26. The molecule has 2 rings (SSSR count). The van der Waals surface area contributed by atoms with Gasteiger partial charge in [0.2, 0.25) is 0 Å². The SMILES string of the molecule is Nc1ccc(Oc2cccc(F)c2)cc1C(F)(F)F. The maximum atomic E-state index is 12.9. The van der Waals surface area contributed by atoms with Crippen molar-refractivity contribution >= 4 is 5.69 Å². The van der Waals surface area contributed by atoms with Crippen LogP contribution in [-0.4, -0.2) is 0 Å². The Morgan fingerprint density at radius 2 is 1.63 bits per heavy atom. The van der Waals surface area contributed by atoms with Gasteiger partial charge in [-0.05, 0) is 30.3 Å². The maximum Gasteiger partial charge on any atom is 0.418 e. The minimum Gasteiger partial charge on any atom is -0.457 e. The van der Waals surface area contributed by atoms with Gasteiger partial charge in [-0.3, -0.25) is 0 Å². The van der Waals surface area contributed by atoms with Gasteiger partial charge < -0.3 is 10.5 Å². The summed E-state index contributed by atoms with van der Waals surface area (Å²) in [5.74, 6) is -0.492. The standard InChI is InChI=1S/C13H9F4NO/c14-8-2-1-3-9(6-8)19-10-4-5-12(18)11(7-10)13(15,16)17/h1-7H,18H2. The number of nitrogens with two attached hydrogens (primary N) is 1. The Balaban J connectivity index is 2.32. The van der Waals surface area contributed by atoms with Crippen LogP contribution in [0.15, 0.2) is 42.5 Å². The highest BCUT2D eigenvalue weighted by Crippen LogP contribution is 2.36. The fourth-order valence-electron chi connectivity index (χ4n) is 1.51. The molecular formula is C13H9F4NO. The summed E-state index contributed by atoms with van der Waals surface area (Å²) in [6.07, 6.45) is -4.56. The van der Waals surface area contributed by atoms with E-state index in [0.717, 1.165) is 18.2 Å². The molecule has 6 heteroatoms. The van der Waals surface area contributed by atoms with Crippen molar-refractivity contribution in [2.45, 2.75) is 6.18 Å². The van der Waals surface area contributed by atoms with Gasteiger partial charge in [0.05, 0.1) is 5.56 Å². The fourth-order valence-corrected chi connectivity index (χ4v) is 1.51. The summed E-state index contributed by atoms with van der Waals surface area (Å²) in [5.41, 5.74) is 3.88. The van der Waals surface area contributed by atoms with E-state index in [1.165, 1.54) is 24.3 Å². The first-order valence-electron chi connectivity index (χ1n) is 5.26. The Morgan fingerprint density at radius 1 is 0.947 bits per heavy atom. The van der Waals surface area contributed by atoms with Crippen LogP contribution in [0.5, 0.6) is 11.5 Å². The van der Waals surface area contributed by atoms with Crippen molar-refractivity contribution in [3.8, 4) is 11.5 Å². The zero-order chi connectivity index (χ0) is 14.0. The average Bonchev–Trinajstić information content (AvgIpc) is 2.30. The molecule has 0 aliphatic rings. The second-order valence-corrected chi connectivity index (χ2v) is 3.81. The summed E-state index contributed by atoms with van der Waals surface area (Å²) in [4.78, 5) is 0. The van der Waals surface area contributed by atoms with Crippen molar-refractivity contribution in [3.05, 3.63) is 53.8 Å². The summed E-state index contributed by atoms with van der Waals surface area (Å²) in [5, 5.41) is 0. The van der Waals surface area contributed by atoms with Gasteiger partial charge in [0.1, 0.15) is 17.3 Å². The van der Waals surface area contributed by atoms with Gasteiger partial charge in [0.25, 0.3) is 0 Å². The molecule has 0 atom stereocenters. The van der Waals surface area contributed by atoms with Gasteiger partial charge in [-0.25, -0.2) is 4.39 Å². The zero-order valence-electron chi connectivity index (χ0n) is 9.54. The molecule has 0 spiro atoms. The lowest BCUT2D eigenvalue weighted by Gasteiger charge is -2.12. The first-order chi connectivity index (χ1) is 8.86. The number of halogens is 4. The van der Waals surface area contributed by atoms with Crippen molar-refractivity contribution in [1.29, 1.82) is 0 Å². The summed E-state index contributed by atoms with van der Waals surface area (Å²) in [6, 6.07) is 8.27. The van der Waals surface area contributed by atoms with Crippen molar-refractivity contribution < 1.29 is 22.3 Å². The number of nitrogen functional groups attached to an aromatic ring is 1. The van der Waals surface area contributed by atoms with E-state index in [-0.39, 0.29) is 17.2 Å². The molecule has 2 aromatic rings. The smallest absolute Gasteiger partial charge is 0.418 e. The fraction of sp³-hybridized carbons (Fsp3) is 0.0769. The Bertz CT molecular complexity index is 595. The number of benzene rings is 2. The monoisotopic (exact) mass is 271 g/mol. The van der Waals surface area contributed by atoms with Gasteiger partial charge in [-0.1, -0.05) is 6.07 Å². The van der Waals surface area contributed by atoms with E-state index >= 15 is 0 Å². The molecule has 0 radical (unpaired) electrons. The largest absolute Gasteiger partial charge is 0.457 e. The highest BCUT2D eigenvalue weighted by Gasteiger charge is 2.33. The van der Waals surface area contributed by atoms with E-state index < -0.39 is 17.6 Å². The normalized spacial score (nSPS) is 11.4. The number of anilines is 1. The van der Waals surface area contributed by atoms with Gasteiger partial charge in [0.15, 0.2) is 0 Å². The summed E-state index contributed by atoms with van der Waals surface area (Å²) < 4.78 is 56.0. The van der Waals surface area contributed by atoms with Gasteiger partial charge >= 0.3 is 6.18 Å². The van der Waals surface area contributed by atoms with Crippen molar-refractivity contribution in [2.24, 2.45) is 0 Å². The van der Waals surface area contributed by atoms with E-state index in [0.29, 0.717) is 0 Å². The molecule has 0 saturated heterocycles. The Morgan fingerprint density at radius 3 is 2.26 bits per heavy atom. The Labute approximate surface area is 106 Å². The number of ether oxygens (including phenoxy) is 1. The lowest BCUT2D eigenvalue weighted by atomic mass is 10.1. The predicted molar refractivity (Wildman–Crippen MR) is 62.3 cm³/mol. The molecule has 0 aliphatic carbocycles. The van der Waals surface area contributed by atoms with E-state index in [1.54, 1.807) is 0 Å². The molecule has 0 fully saturated rings. The molecule has 100 valence electrons. The molecule has 0 amide bonds. The second-order valence-electron chi connectivity index (χ2n) is 3.81. The summed E-state index contributed by atoms with van der Waals surface area (Å²) in [6.45, 7) is 0. The van der Waals surface area contributed by atoms with Gasteiger partial charge in [0, 0.05) is 11.8 Å². The van der Waals surface area contributed by atoms with Crippen LogP contribution in [0.25, 0.3) is 0 Å². The quantitative estimate of drug-likeness (QED) is 0.655. The third kappa shape index (κ3) is 3.15. The number of hydrogen-bond donors (Lipinski definition) is 1. The lowest BCUT2D eigenvalue weighted by Crippen LogP contribution is -2.08. The van der Waals surface area contributed by atoms with Gasteiger partial charge in [-0.2, -0.15) is 13.2 Å².